The van der Waals surface area contributed by atoms with Gasteiger partial charge in [0.2, 0.25) is 5.91 Å². The van der Waals surface area contributed by atoms with E-state index in [0.29, 0.717) is 23.0 Å². The van der Waals surface area contributed by atoms with E-state index in [1.807, 2.05) is 36.4 Å². The van der Waals surface area contributed by atoms with Gasteiger partial charge in [-0.1, -0.05) is 35.3 Å². The fourth-order valence-corrected chi connectivity index (χ4v) is 2.50. The first-order valence-electron chi connectivity index (χ1n) is 6.55. The number of halogens is 2. The lowest BCUT2D eigenvalue weighted by molar-refractivity contribution is -0.119. The summed E-state index contributed by atoms with van der Waals surface area (Å²) in [7, 11) is 1.63. The maximum atomic E-state index is 11.3. The third-order valence-corrected chi connectivity index (χ3v) is 3.45. The summed E-state index contributed by atoms with van der Waals surface area (Å²) in [5.41, 5.74) is 2.97. The predicted molar refractivity (Wildman–Crippen MR) is 88.0 cm³/mol. The van der Waals surface area contributed by atoms with Crippen molar-refractivity contribution in [1.29, 1.82) is 0 Å². The van der Waals surface area contributed by atoms with E-state index in [0.717, 1.165) is 16.8 Å². The fraction of sp³-hybridized carbons (Fsp3) is 0.188. The van der Waals surface area contributed by atoms with Crippen LogP contribution in [0.15, 0.2) is 42.5 Å². The Morgan fingerprint density at radius 1 is 1.00 bits per heavy atom. The minimum atomic E-state index is 0.00396. The fourth-order valence-electron chi connectivity index (χ4n) is 1.93. The molecule has 1 amide bonds. The summed E-state index contributed by atoms with van der Waals surface area (Å²) in [6.07, 6.45) is 0.390. The van der Waals surface area contributed by atoms with Gasteiger partial charge in [-0.15, -0.1) is 0 Å². The van der Waals surface area contributed by atoms with Crippen molar-refractivity contribution in [2.45, 2.75) is 13.0 Å². The Morgan fingerprint density at radius 2 is 1.62 bits per heavy atom. The Kier molecular flexibility index (Phi) is 5.48. The third kappa shape index (κ3) is 4.96. The van der Waals surface area contributed by atoms with Crippen LogP contribution in [-0.4, -0.2) is 13.0 Å². The van der Waals surface area contributed by atoms with Gasteiger partial charge in [0.15, 0.2) is 0 Å². The summed E-state index contributed by atoms with van der Waals surface area (Å²) in [5, 5.41) is 7.15. The smallest absolute Gasteiger partial charge is 0.224 e. The number of likely N-dealkylation sites (N-methyl/N-ethyl adjacent to an activating group) is 1. The lowest BCUT2D eigenvalue weighted by Crippen LogP contribution is -2.19. The molecule has 5 heteroatoms. The molecular formula is C16H16Cl2N2O. The topological polar surface area (TPSA) is 41.1 Å². The first-order valence-corrected chi connectivity index (χ1v) is 7.31. The predicted octanol–water partition coefficient (Wildman–Crippen LogP) is 3.89. The first kappa shape index (κ1) is 15.7. The van der Waals surface area contributed by atoms with Crippen LogP contribution in [0.3, 0.4) is 0 Å². The van der Waals surface area contributed by atoms with E-state index < -0.39 is 0 Å². The molecule has 2 N–H and O–H groups in total. The van der Waals surface area contributed by atoms with Crippen molar-refractivity contribution in [1.82, 2.24) is 5.32 Å². The van der Waals surface area contributed by atoms with Gasteiger partial charge in [-0.25, -0.2) is 0 Å². The molecule has 0 aliphatic heterocycles. The van der Waals surface area contributed by atoms with Crippen molar-refractivity contribution in [3.63, 3.8) is 0 Å². The highest BCUT2D eigenvalue weighted by Crippen LogP contribution is 2.20. The Morgan fingerprint density at radius 3 is 2.19 bits per heavy atom. The van der Waals surface area contributed by atoms with Crippen molar-refractivity contribution >= 4 is 34.8 Å². The van der Waals surface area contributed by atoms with E-state index in [-0.39, 0.29) is 5.91 Å². The SMILES string of the molecule is CNC(=O)Cc1ccc(NCc2cc(Cl)cc(Cl)c2)cc1. The molecular weight excluding hydrogens is 307 g/mol. The normalized spacial score (nSPS) is 10.2. The quantitative estimate of drug-likeness (QED) is 0.876. The average molecular weight is 323 g/mol. The highest BCUT2D eigenvalue weighted by Gasteiger charge is 2.02. The number of nitrogens with one attached hydrogen (secondary N) is 2. The molecule has 3 nitrogen and oxygen atoms in total. The number of hydrogen-bond acceptors (Lipinski definition) is 2. The highest BCUT2D eigenvalue weighted by molar-refractivity contribution is 6.34. The molecule has 0 aliphatic rings. The van der Waals surface area contributed by atoms with E-state index in [2.05, 4.69) is 10.6 Å². The van der Waals surface area contributed by atoms with Crippen molar-refractivity contribution in [3.8, 4) is 0 Å². The van der Waals surface area contributed by atoms with Crippen molar-refractivity contribution in [3.05, 3.63) is 63.6 Å². The second-order valence-corrected chi connectivity index (χ2v) is 5.55. The Bertz CT molecular complexity index is 606. The summed E-state index contributed by atoms with van der Waals surface area (Å²) in [5.74, 6) is 0.00396. The molecule has 0 atom stereocenters. The van der Waals surface area contributed by atoms with Gasteiger partial charge in [0.25, 0.3) is 0 Å². The summed E-state index contributed by atoms with van der Waals surface area (Å²) in [6, 6.07) is 13.2. The molecule has 0 saturated carbocycles. The molecule has 0 heterocycles. The van der Waals surface area contributed by atoms with Crippen molar-refractivity contribution in [2.75, 3.05) is 12.4 Å². The number of carbonyl (C=O) groups excluding carboxylic acids is 1. The second kappa shape index (κ2) is 7.34. The highest BCUT2D eigenvalue weighted by atomic mass is 35.5. The van der Waals surface area contributed by atoms with Crippen molar-refractivity contribution in [2.24, 2.45) is 0 Å². The van der Waals surface area contributed by atoms with Gasteiger partial charge < -0.3 is 10.6 Å². The number of rotatable bonds is 5. The molecule has 0 spiro atoms. The molecule has 0 radical (unpaired) electrons. The van der Waals surface area contributed by atoms with Crippen LogP contribution in [0.1, 0.15) is 11.1 Å². The van der Waals surface area contributed by atoms with E-state index in [1.165, 1.54) is 0 Å². The first-order chi connectivity index (χ1) is 10.1. The molecule has 2 aromatic rings. The molecule has 0 unspecified atom stereocenters. The molecule has 2 aromatic carbocycles. The number of carbonyl (C=O) groups is 1. The largest absolute Gasteiger partial charge is 0.381 e. The van der Waals surface area contributed by atoms with Crippen LogP contribution < -0.4 is 10.6 Å². The van der Waals surface area contributed by atoms with Gasteiger partial charge in [0.05, 0.1) is 6.42 Å². The number of amides is 1. The van der Waals surface area contributed by atoms with Crippen LogP contribution in [0, 0.1) is 0 Å². The molecule has 0 saturated heterocycles. The van der Waals surface area contributed by atoms with Gasteiger partial charge in [0.1, 0.15) is 0 Å². The second-order valence-electron chi connectivity index (χ2n) is 4.68. The summed E-state index contributed by atoms with van der Waals surface area (Å²) >= 11 is 11.9. The molecule has 0 bridgehead atoms. The molecule has 0 fully saturated rings. The van der Waals surface area contributed by atoms with E-state index >= 15 is 0 Å². The molecule has 2 rings (SSSR count). The average Bonchev–Trinajstić information content (AvgIpc) is 2.45. The standard InChI is InChI=1S/C16H16Cl2N2O/c1-19-16(21)8-11-2-4-15(5-3-11)20-10-12-6-13(17)9-14(18)7-12/h2-7,9,20H,8,10H2,1H3,(H,19,21). The lowest BCUT2D eigenvalue weighted by Gasteiger charge is -2.08. The zero-order valence-corrected chi connectivity index (χ0v) is 13.1. The summed E-state index contributed by atoms with van der Waals surface area (Å²) in [6.45, 7) is 0.634. The lowest BCUT2D eigenvalue weighted by atomic mass is 10.1. The van der Waals surface area contributed by atoms with E-state index in [9.17, 15) is 4.79 Å². The van der Waals surface area contributed by atoms with Crippen LogP contribution in [0.2, 0.25) is 10.0 Å². The van der Waals surface area contributed by atoms with E-state index in [4.69, 9.17) is 23.2 Å². The van der Waals surface area contributed by atoms with E-state index in [1.54, 1.807) is 13.1 Å². The van der Waals surface area contributed by atoms with Crippen LogP contribution in [0.5, 0.6) is 0 Å². The van der Waals surface area contributed by atoms with Gasteiger partial charge in [-0.3, -0.25) is 4.79 Å². The van der Waals surface area contributed by atoms with Crippen LogP contribution in [0.4, 0.5) is 5.69 Å². The maximum Gasteiger partial charge on any atom is 0.224 e. The molecule has 110 valence electrons. The zero-order valence-electron chi connectivity index (χ0n) is 11.6. The van der Waals surface area contributed by atoms with Crippen LogP contribution >= 0.6 is 23.2 Å². The molecule has 21 heavy (non-hydrogen) atoms. The minimum Gasteiger partial charge on any atom is -0.381 e. The number of anilines is 1. The Labute approximate surface area is 134 Å². The zero-order chi connectivity index (χ0) is 15.2. The van der Waals surface area contributed by atoms with Gasteiger partial charge in [-0.05, 0) is 41.5 Å². The summed E-state index contributed by atoms with van der Waals surface area (Å²) in [4.78, 5) is 11.3. The van der Waals surface area contributed by atoms with Crippen LogP contribution in [-0.2, 0) is 17.8 Å². The molecule has 0 aliphatic carbocycles. The maximum absolute atomic E-state index is 11.3. The Hall–Kier alpha value is -1.71. The number of benzene rings is 2. The van der Waals surface area contributed by atoms with Gasteiger partial charge in [0, 0.05) is 29.3 Å². The van der Waals surface area contributed by atoms with Gasteiger partial charge >= 0.3 is 0 Å². The number of hydrogen-bond donors (Lipinski definition) is 2. The Balaban J connectivity index is 1.95. The van der Waals surface area contributed by atoms with Crippen LogP contribution in [0.25, 0.3) is 0 Å². The molecule has 0 aromatic heterocycles. The van der Waals surface area contributed by atoms with Gasteiger partial charge in [-0.2, -0.15) is 0 Å². The third-order valence-electron chi connectivity index (χ3n) is 3.02. The summed E-state index contributed by atoms with van der Waals surface area (Å²) < 4.78 is 0. The monoisotopic (exact) mass is 322 g/mol. The minimum absolute atomic E-state index is 0.00396. The van der Waals surface area contributed by atoms with Crippen molar-refractivity contribution < 1.29 is 4.79 Å².